The standard InChI is InChI=1S/C17H15FN4OS/c1-11-19-20-16-10-21(8-9-22(11)16)17(23)15-7-6-14(24-15)12-2-4-13(18)5-3-12/h2-7H,8-10H2,1H3. The van der Waals surface area contributed by atoms with Gasteiger partial charge in [-0.3, -0.25) is 4.79 Å². The van der Waals surface area contributed by atoms with Crippen molar-refractivity contribution in [1.29, 1.82) is 0 Å². The Balaban J connectivity index is 1.54. The van der Waals surface area contributed by atoms with Crippen molar-refractivity contribution in [3.05, 3.63) is 58.7 Å². The van der Waals surface area contributed by atoms with Gasteiger partial charge in [0.25, 0.3) is 5.91 Å². The predicted molar refractivity (Wildman–Crippen MR) is 89.2 cm³/mol. The van der Waals surface area contributed by atoms with Gasteiger partial charge in [0.2, 0.25) is 0 Å². The van der Waals surface area contributed by atoms with Crippen LogP contribution in [0.3, 0.4) is 0 Å². The maximum Gasteiger partial charge on any atom is 0.264 e. The summed E-state index contributed by atoms with van der Waals surface area (Å²) in [5.74, 6) is 1.44. The van der Waals surface area contributed by atoms with E-state index in [9.17, 15) is 9.18 Å². The molecule has 1 amide bonds. The summed E-state index contributed by atoms with van der Waals surface area (Å²) in [6, 6.07) is 10.0. The Bertz CT molecular complexity index is 900. The van der Waals surface area contributed by atoms with Crippen LogP contribution in [-0.4, -0.2) is 32.1 Å². The topological polar surface area (TPSA) is 51.0 Å². The molecule has 0 radical (unpaired) electrons. The van der Waals surface area contributed by atoms with Crippen molar-refractivity contribution in [1.82, 2.24) is 19.7 Å². The number of hydrogen-bond acceptors (Lipinski definition) is 4. The van der Waals surface area contributed by atoms with Gasteiger partial charge in [0, 0.05) is 18.0 Å². The molecule has 0 N–H and O–H groups in total. The van der Waals surface area contributed by atoms with Crippen molar-refractivity contribution in [2.24, 2.45) is 0 Å². The molecule has 3 aromatic rings. The molecule has 2 aromatic heterocycles. The molecule has 122 valence electrons. The summed E-state index contributed by atoms with van der Waals surface area (Å²) in [6.07, 6.45) is 0. The number of carbonyl (C=O) groups is 1. The van der Waals surface area contributed by atoms with Crippen LogP contribution in [0.5, 0.6) is 0 Å². The fourth-order valence-corrected chi connectivity index (χ4v) is 3.83. The van der Waals surface area contributed by atoms with Gasteiger partial charge in [-0.05, 0) is 36.8 Å². The van der Waals surface area contributed by atoms with Crippen LogP contribution in [0, 0.1) is 12.7 Å². The zero-order valence-corrected chi connectivity index (χ0v) is 13.9. The minimum atomic E-state index is -0.265. The number of aromatic nitrogens is 3. The fraction of sp³-hybridized carbons (Fsp3) is 0.235. The molecule has 1 aliphatic rings. The van der Waals surface area contributed by atoms with Crippen LogP contribution in [0.1, 0.15) is 21.3 Å². The van der Waals surface area contributed by atoms with Crippen LogP contribution in [0.15, 0.2) is 36.4 Å². The zero-order chi connectivity index (χ0) is 16.7. The second-order valence-electron chi connectivity index (χ2n) is 5.71. The van der Waals surface area contributed by atoms with E-state index in [0.717, 1.165) is 28.6 Å². The summed E-state index contributed by atoms with van der Waals surface area (Å²) >= 11 is 1.42. The number of hydrogen-bond donors (Lipinski definition) is 0. The summed E-state index contributed by atoms with van der Waals surface area (Å²) in [5.41, 5.74) is 0.912. The third-order valence-corrected chi connectivity index (χ3v) is 5.29. The quantitative estimate of drug-likeness (QED) is 0.719. The Labute approximate surface area is 142 Å². The highest BCUT2D eigenvalue weighted by Crippen LogP contribution is 2.29. The maximum atomic E-state index is 13.0. The Morgan fingerprint density at radius 1 is 1.12 bits per heavy atom. The van der Waals surface area contributed by atoms with E-state index >= 15 is 0 Å². The van der Waals surface area contributed by atoms with Crippen LogP contribution >= 0.6 is 11.3 Å². The molecule has 0 spiro atoms. The summed E-state index contributed by atoms with van der Waals surface area (Å²) in [5, 5.41) is 8.19. The second kappa shape index (κ2) is 5.83. The molecule has 1 aliphatic heterocycles. The Kier molecular flexibility index (Phi) is 3.65. The van der Waals surface area contributed by atoms with Gasteiger partial charge >= 0.3 is 0 Å². The summed E-state index contributed by atoms with van der Waals surface area (Å²) < 4.78 is 15.1. The number of aryl methyl sites for hydroxylation is 1. The number of benzene rings is 1. The van der Waals surface area contributed by atoms with E-state index < -0.39 is 0 Å². The number of fused-ring (bicyclic) bond motifs is 1. The van der Waals surface area contributed by atoms with Crippen LogP contribution in [0.4, 0.5) is 4.39 Å². The van der Waals surface area contributed by atoms with Gasteiger partial charge in [0.05, 0.1) is 11.4 Å². The van der Waals surface area contributed by atoms with Gasteiger partial charge in [-0.2, -0.15) is 0 Å². The zero-order valence-electron chi connectivity index (χ0n) is 13.1. The highest BCUT2D eigenvalue weighted by Gasteiger charge is 2.25. The lowest BCUT2D eigenvalue weighted by atomic mass is 10.2. The Morgan fingerprint density at radius 2 is 1.92 bits per heavy atom. The van der Waals surface area contributed by atoms with Gasteiger partial charge in [-0.1, -0.05) is 12.1 Å². The van der Waals surface area contributed by atoms with E-state index in [2.05, 4.69) is 10.2 Å². The summed E-state index contributed by atoms with van der Waals surface area (Å²) in [4.78, 5) is 16.2. The molecule has 24 heavy (non-hydrogen) atoms. The van der Waals surface area contributed by atoms with Gasteiger partial charge in [-0.15, -0.1) is 21.5 Å². The third kappa shape index (κ3) is 2.60. The van der Waals surface area contributed by atoms with Crippen LogP contribution in [0.25, 0.3) is 10.4 Å². The normalized spacial score (nSPS) is 13.8. The van der Waals surface area contributed by atoms with Crippen molar-refractivity contribution < 1.29 is 9.18 Å². The lowest BCUT2D eigenvalue weighted by Gasteiger charge is -2.27. The minimum absolute atomic E-state index is 0.000245. The van der Waals surface area contributed by atoms with E-state index in [1.807, 2.05) is 23.6 Å². The molecule has 0 bridgehead atoms. The number of nitrogens with zero attached hydrogens (tertiary/aromatic N) is 4. The van der Waals surface area contributed by atoms with Crippen LogP contribution in [-0.2, 0) is 13.1 Å². The third-order valence-electron chi connectivity index (χ3n) is 4.17. The first kappa shape index (κ1) is 15.0. The number of carbonyl (C=O) groups excluding carboxylic acids is 1. The molecule has 3 heterocycles. The molecule has 0 aliphatic carbocycles. The molecule has 7 heteroatoms. The maximum absolute atomic E-state index is 13.0. The largest absolute Gasteiger partial charge is 0.329 e. The van der Waals surface area contributed by atoms with E-state index in [1.54, 1.807) is 17.0 Å². The minimum Gasteiger partial charge on any atom is -0.329 e. The molecule has 0 saturated carbocycles. The first-order valence-corrected chi connectivity index (χ1v) is 8.47. The molecule has 0 saturated heterocycles. The first-order valence-electron chi connectivity index (χ1n) is 7.65. The van der Waals surface area contributed by atoms with Crippen molar-refractivity contribution in [3.63, 3.8) is 0 Å². The van der Waals surface area contributed by atoms with Gasteiger partial charge < -0.3 is 9.47 Å². The second-order valence-corrected chi connectivity index (χ2v) is 6.80. The monoisotopic (exact) mass is 342 g/mol. The number of halogens is 1. The number of thiophene rings is 1. The summed E-state index contributed by atoms with van der Waals surface area (Å²) in [6.45, 7) is 3.76. The van der Waals surface area contributed by atoms with Crippen molar-refractivity contribution in [2.45, 2.75) is 20.0 Å². The SMILES string of the molecule is Cc1nnc2n1CCN(C(=O)c1ccc(-c3ccc(F)cc3)s1)C2. The lowest BCUT2D eigenvalue weighted by Crippen LogP contribution is -2.38. The molecule has 0 fully saturated rings. The van der Waals surface area contributed by atoms with Crippen LogP contribution in [0.2, 0.25) is 0 Å². The average molecular weight is 342 g/mol. The number of rotatable bonds is 2. The van der Waals surface area contributed by atoms with Gasteiger partial charge in [0.15, 0.2) is 5.82 Å². The van der Waals surface area contributed by atoms with E-state index in [4.69, 9.17) is 0 Å². The van der Waals surface area contributed by atoms with E-state index in [0.29, 0.717) is 18.0 Å². The molecule has 0 atom stereocenters. The first-order chi connectivity index (χ1) is 11.6. The molecular weight excluding hydrogens is 327 g/mol. The Morgan fingerprint density at radius 3 is 2.71 bits per heavy atom. The molecule has 5 nitrogen and oxygen atoms in total. The molecule has 0 unspecified atom stereocenters. The summed E-state index contributed by atoms with van der Waals surface area (Å²) in [7, 11) is 0. The van der Waals surface area contributed by atoms with Crippen LogP contribution < -0.4 is 0 Å². The fourth-order valence-electron chi connectivity index (χ4n) is 2.85. The van der Waals surface area contributed by atoms with Crippen molar-refractivity contribution in [2.75, 3.05) is 6.54 Å². The molecule has 4 rings (SSSR count). The highest BCUT2D eigenvalue weighted by atomic mass is 32.1. The smallest absolute Gasteiger partial charge is 0.264 e. The van der Waals surface area contributed by atoms with Crippen molar-refractivity contribution >= 4 is 17.2 Å². The average Bonchev–Trinajstić information content (AvgIpc) is 3.22. The van der Waals surface area contributed by atoms with E-state index in [-0.39, 0.29) is 11.7 Å². The Hall–Kier alpha value is -2.54. The highest BCUT2D eigenvalue weighted by molar-refractivity contribution is 7.17. The lowest BCUT2D eigenvalue weighted by molar-refractivity contribution is 0.0711. The molecular formula is C17H15FN4OS. The van der Waals surface area contributed by atoms with Gasteiger partial charge in [-0.25, -0.2) is 4.39 Å². The van der Waals surface area contributed by atoms with Gasteiger partial charge in [0.1, 0.15) is 11.6 Å². The predicted octanol–water partition coefficient (Wildman–Crippen LogP) is 3.11. The molecule has 1 aromatic carbocycles. The van der Waals surface area contributed by atoms with Crippen molar-refractivity contribution in [3.8, 4) is 10.4 Å². The number of amides is 1. The van der Waals surface area contributed by atoms with E-state index in [1.165, 1.54) is 23.5 Å².